The number of hydrogen-bond acceptors (Lipinski definition) is 7. The molecule has 4 bridgehead atoms. The Kier molecular flexibility index (Phi) is 13.5. The minimum absolute atomic E-state index is 0.0407. The van der Waals surface area contributed by atoms with Crippen LogP contribution in [0.2, 0.25) is 0 Å². The molecule has 1 aromatic carbocycles. The number of aliphatic hydroxyl groups excluding tert-OH is 1. The maximum atomic E-state index is 12.5. The number of guanidine groups is 1. The number of benzene rings is 1. The molecule has 1 fully saturated rings. The van der Waals surface area contributed by atoms with Gasteiger partial charge in [-0.2, -0.15) is 0 Å². The van der Waals surface area contributed by atoms with Crippen LogP contribution in [0.1, 0.15) is 103 Å². The molecule has 0 amide bonds. The Hall–Kier alpha value is -2.96. The fourth-order valence-electron chi connectivity index (χ4n) is 7.65. The second-order valence-electron chi connectivity index (χ2n) is 14.0. The van der Waals surface area contributed by atoms with E-state index in [0.29, 0.717) is 50.0 Å². The normalized spacial score (nSPS) is 31.2. The summed E-state index contributed by atoms with van der Waals surface area (Å²) in [5.41, 5.74) is 6.72. The smallest absolute Gasteiger partial charge is 0.302 e. The zero-order chi connectivity index (χ0) is 33.1. The number of fused-ring (bicyclic) bond motifs is 5. The van der Waals surface area contributed by atoms with E-state index in [1.165, 1.54) is 13.3 Å². The Morgan fingerprint density at radius 2 is 2.09 bits per heavy atom. The maximum Gasteiger partial charge on any atom is 0.302 e. The van der Waals surface area contributed by atoms with Crippen LogP contribution in [-0.2, 0) is 16.0 Å². The molecule has 0 spiro atoms. The molecule has 4 rings (SSSR count). The summed E-state index contributed by atoms with van der Waals surface area (Å²) in [4.78, 5) is 16.6. The molecule has 6 N–H and O–H groups in total. The van der Waals surface area contributed by atoms with Gasteiger partial charge in [0.25, 0.3) is 0 Å². The fourth-order valence-corrected chi connectivity index (χ4v) is 7.65. The van der Waals surface area contributed by atoms with Gasteiger partial charge in [0, 0.05) is 44.8 Å². The number of ether oxygens (including phenoxy) is 2. The zero-order valence-electron chi connectivity index (χ0n) is 28.5. The molecular weight excluding hydrogens is 580 g/mol. The third-order valence-electron chi connectivity index (χ3n) is 10.6. The van der Waals surface area contributed by atoms with Crippen molar-refractivity contribution in [2.45, 2.75) is 129 Å². The number of esters is 1. The highest BCUT2D eigenvalue weighted by Gasteiger charge is 2.39. The summed E-state index contributed by atoms with van der Waals surface area (Å²) >= 11 is 0. The van der Waals surface area contributed by atoms with E-state index in [1.54, 1.807) is 13.1 Å². The minimum Gasteiger partial charge on any atom is -0.504 e. The molecule has 256 valence electrons. The second kappa shape index (κ2) is 17.3. The van der Waals surface area contributed by atoms with Crippen LogP contribution in [0.5, 0.6) is 11.5 Å². The number of aromatic hydroxyl groups is 1. The van der Waals surface area contributed by atoms with Gasteiger partial charge in [-0.3, -0.25) is 9.79 Å². The first-order chi connectivity index (χ1) is 22.1. The molecule has 2 aliphatic heterocycles. The van der Waals surface area contributed by atoms with Gasteiger partial charge in [0.15, 0.2) is 17.5 Å². The van der Waals surface area contributed by atoms with Crippen molar-refractivity contribution in [3.8, 4) is 23.3 Å². The van der Waals surface area contributed by atoms with E-state index in [9.17, 15) is 15.0 Å². The highest BCUT2D eigenvalue weighted by Crippen LogP contribution is 2.40. The molecule has 9 heteroatoms. The summed E-state index contributed by atoms with van der Waals surface area (Å²) in [7, 11) is 1.68. The molecule has 1 aliphatic carbocycles. The number of unbranched alkanes of at least 4 members (excludes halogenated alkanes) is 2. The third kappa shape index (κ3) is 10.0. The number of aliphatic hydroxyl groups is 1. The molecule has 8 atom stereocenters. The summed E-state index contributed by atoms with van der Waals surface area (Å²) < 4.78 is 12.4. The van der Waals surface area contributed by atoms with Crippen molar-refractivity contribution >= 4 is 11.9 Å². The molecule has 3 aliphatic rings. The summed E-state index contributed by atoms with van der Waals surface area (Å²) in [5.74, 6) is 8.34. The number of carbonyl (C=O) groups is 1. The second-order valence-corrected chi connectivity index (χ2v) is 14.0. The van der Waals surface area contributed by atoms with Crippen LogP contribution >= 0.6 is 0 Å². The number of nitrogens with two attached hydrogens (primary N) is 1. The Morgan fingerprint density at radius 1 is 1.26 bits per heavy atom. The van der Waals surface area contributed by atoms with E-state index in [1.807, 2.05) is 12.1 Å². The van der Waals surface area contributed by atoms with Crippen molar-refractivity contribution in [3.63, 3.8) is 0 Å². The SMILES string of the molecule is CCCCC[C@H](C)[C@]1(CNC(N)=NC)C#C[C@H]2CCC[C@H]3C[C@H](CCN3)Oc3cc(ccc3O)C[C@H]2[C@@H](OC(C)=O)C[C@@H](O)CC1. The molecular formula is C37H58N4O5. The van der Waals surface area contributed by atoms with Gasteiger partial charge < -0.3 is 36.1 Å². The Morgan fingerprint density at radius 3 is 2.85 bits per heavy atom. The molecule has 46 heavy (non-hydrogen) atoms. The quantitative estimate of drug-likeness (QED) is 0.0875. The molecule has 0 radical (unpaired) electrons. The summed E-state index contributed by atoms with van der Waals surface area (Å²) in [6.07, 6.45) is 10.1. The molecule has 1 saturated heterocycles. The summed E-state index contributed by atoms with van der Waals surface area (Å²) in [5, 5.41) is 29.2. The van der Waals surface area contributed by atoms with Gasteiger partial charge >= 0.3 is 5.97 Å². The van der Waals surface area contributed by atoms with Crippen LogP contribution in [0.15, 0.2) is 23.2 Å². The fraction of sp³-hybridized carbons (Fsp3) is 0.730. The zero-order valence-corrected chi connectivity index (χ0v) is 28.5. The number of piperidine rings is 1. The third-order valence-corrected chi connectivity index (χ3v) is 10.6. The first kappa shape index (κ1) is 35.9. The molecule has 2 heterocycles. The molecule has 0 unspecified atom stereocenters. The lowest BCUT2D eigenvalue weighted by Crippen LogP contribution is -2.45. The average molecular weight is 639 g/mol. The van der Waals surface area contributed by atoms with E-state index < -0.39 is 17.6 Å². The van der Waals surface area contributed by atoms with Crippen LogP contribution in [-0.4, -0.2) is 66.6 Å². The van der Waals surface area contributed by atoms with Crippen molar-refractivity contribution in [2.75, 3.05) is 20.1 Å². The van der Waals surface area contributed by atoms with Gasteiger partial charge in [0.05, 0.1) is 11.5 Å². The Balaban J connectivity index is 1.81. The van der Waals surface area contributed by atoms with Crippen LogP contribution in [0.3, 0.4) is 0 Å². The van der Waals surface area contributed by atoms with Gasteiger partial charge in [0.2, 0.25) is 0 Å². The van der Waals surface area contributed by atoms with E-state index in [-0.39, 0.29) is 35.6 Å². The number of nitrogens with zero attached hydrogens (tertiary/aromatic N) is 1. The Labute approximate surface area is 276 Å². The van der Waals surface area contributed by atoms with Crippen LogP contribution in [0.4, 0.5) is 0 Å². The monoisotopic (exact) mass is 638 g/mol. The van der Waals surface area contributed by atoms with Gasteiger partial charge in [0.1, 0.15) is 12.2 Å². The average Bonchev–Trinajstić information content (AvgIpc) is 3.03. The summed E-state index contributed by atoms with van der Waals surface area (Å²) in [6.45, 7) is 7.38. The topological polar surface area (TPSA) is 138 Å². The number of phenols is 1. The molecule has 9 nitrogen and oxygen atoms in total. The van der Waals surface area contributed by atoms with E-state index in [4.69, 9.17) is 15.2 Å². The number of phenolic OH excluding ortho intramolecular Hbond substituents is 1. The molecule has 1 aromatic rings. The first-order valence-corrected chi connectivity index (χ1v) is 17.7. The van der Waals surface area contributed by atoms with Gasteiger partial charge in [-0.25, -0.2) is 0 Å². The minimum atomic E-state index is -0.656. The van der Waals surface area contributed by atoms with Crippen molar-refractivity contribution < 1.29 is 24.5 Å². The number of rotatable bonds is 8. The molecule has 0 saturated carbocycles. The number of nitrogens with one attached hydrogen (secondary N) is 2. The predicted molar refractivity (Wildman–Crippen MR) is 183 cm³/mol. The van der Waals surface area contributed by atoms with Gasteiger partial charge in [-0.15, -0.1) is 0 Å². The molecule has 0 aromatic heterocycles. The number of hydrogen-bond donors (Lipinski definition) is 5. The Bertz CT molecular complexity index is 1230. The van der Waals surface area contributed by atoms with Crippen molar-refractivity contribution in [3.05, 3.63) is 23.8 Å². The van der Waals surface area contributed by atoms with Crippen LogP contribution in [0.25, 0.3) is 0 Å². The standard InChI is InChI=1S/C37H58N4O5/c1-5-6-7-9-25(2)37(24-41-36(38)39-4)17-14-28-10-8-11-29-22-31(16-19-40-29)46-35-21-27(12-13-33(35)44)20-32(28)34(45-26(3)42)23-30(43)15-18-37/h12-13,21,25,28-32,34,40,43-44H,5-11,15-16,18-20,22-24H2,1-4H3,(H3,38,39,41)/t25-,28+,29-,30-,31-,32+,34-,37+/m0/s1. The maximum absolute atomic E-state index is 12.5. The van der Waals surface area contributed by atoms with E-state index in [0.717, 1.165) is 63.5 Å². The number of carbonyl (C=O) groups excluding carboxylic acids is 1. The van der Waals surface area contributed by atoms with Crippen molar-refractivity contribution in [2.24, 2.45) is 33.9 Å². The predicted octanol–water partition coefficient (Wildman–Crippen LogP) is 5.07. The number of aliphatic imine (C=N–C) groups is 1. The summed E-state index contributed by atoms with van der Waals surface area (Å²) in [6, 6.07) is 5.88. The van der Waals surface area contributed by atoms with Gasteiger partial charge in [-0.05, 0) is 81.5 Å². The lowest BCUT2D eigenvalue weighted by Gasteiger charge is -2.39. The largest absolute Gasteiger partial charge is 0.504 e. The van der Waals surface area contributed by atoms with Crippen molar-refractivity contribution in [1.82, 2.24) is 10.6 Å². The van der Waals surface area contributed by atoms with Crippen molar-refractivity contribution in [1.29, 1.82) is 0 Å². The highest BCUT2D eigenvalue weighted by atomic mass is 16.5. The van der Waals surface area contributed by atoms with Gasteiger partial charge in [-0.1, -0.05) is 57.4 Å². The van der Waals surface area contributed by atoms with Crippen LogP contribution < -0.4 is 21.1 Å². The van der Waals surface area contributed by atoms with E-state index >= 15 is 0 Å². The van der Waals surface area contributed by atoms with Crippen LogP contribution in [0, 0.1) is 35.0 Å². The highest BCUT2D eigenvalue weighted by molar-refractivity contribution is 5.77. The van der Waals surface area contributed by atoms with E-state index in [2.05, 4.69) is 41.3 Å². The lowest BCUT2D eigenvalue weighted by atomic mass is 9.68. The lowest BCUT2D eigenvalue weighted by molar-refractivity contribution is -0.152. The first-order valence-electron chi connectivity index (χ1n) is 17.7.